The third-order valence-electron chi connectivity index (χ3n) is 2.38. The highest BCUT2D eigenvalue weighted by atomic mass is 32.2. The summed E-state index contributed by atoms with van der Waals surface area (Å²) in [4.78, 5) is 11.1. The van der Waals surface area contributed by atoms with Gasteiger partial charge in [0.25, 0.3) is 5.91 Å². The zero-order chi connectivity index (χ0) is 14.2. The number of nitrogens with two attached hydrogens (primary N) is 1. The molecule has 2 N–H and O–H groups in total. The maximum atomic E-state index is 12.8. The highest BCUT2D eigenvalue weighted by Gasteiger charge is 2.20. The van der Waals surface area contributed by atoms with Gasteiger partial charge in [0, 0.05) is 12.3 Å². The second kappa shape index (κ2) is 4.47. The van der Waals surface area contributed by atoms with Crippen molar-refractivity contribution in [3.8, 4) is 5.69 Å². The molecular formula is C11H10FN3O3S. The van der Waals surface area contributed by atoms with Crippen molar-refractivity contribution in [3.63, 3.8) is 0 Å². The van der Waals surface area contributed by atoms with Crippen LogP contribution in [0.25, 0.3) is 5.69 Å². The lowest BCUT2D eigenvalue weighted by Gasteiger charge is -2.05. The summed E-state index contributed by atoms with van der Waals surface area (Å²) in [7, 11) is -3.61. The summed E-state index contributed by atoms with van der Waals surface area (Å²) < 4.78 is 37.2. The fraction of sp³-hybridized carbons (Fsp3) is 0.0909. The van der Waals surface area contributed by atoms with Gasteiger partial charge < -0.3 is 5.73 Å². The number of hydrogen-bond donors (Lipinski definition) is 1. The molecule has 0 saturated heterocycles. The van der Waals surface area contributed by atoms with Gasteiger partial charge in [0.05, 0.1) is 5.69 Å². The van der Waals surface area contributed by atoms with Crippen LogP contribution in [0.2, 0.25) is 0 Å². The van der Waals surface area contributed by atoms with Gasteiger partial charge in [-0.3, -0.25) is 4.79 Å². The molecule has 0 bridgehead atoms. The first kappa shape index (κ1) is 13.2. The summed E-state index contributed by atoms with van der Waals surface area (Å²) in [5.41, 5.74) is 5.21. The molecule has 0 saturated carbocycles. The predicted octanol–water partition coefficient (Wildman–Crippen LogP) is 0.514. The number of primary amides is 1. The van der Waals surface area contributed by atoms with Crippen LogP contribution in [-0.4, -0.2) is 30.4 Å². The highest BCUT2D eigenvalue weighted by molar-refractivity contribution is 7.90. The Morgan fingerprint density at radius 2 is 1.89 bits per heavy atom. The Morgan fingerprint density at radius 3 is 2.37 bits per heavy atom. The first-order valence-electron chi connectivity index (χ1n) is 5.15. The topological polar surface area (TPSA) is 95.0 Å². The lowest BCUT2D eigenvalue weighted by Crippen LogP contribution is -2.12. The minimum absolute atomic E-state index is 0.176. The van der Waals surface area contributed by atoms with Crippen molar-refractivity contribution in [2.24, 2.45) is 5.73 Å². The molecule has 1 heterocycles. The molecule has 1 amide bonds. The van der Waals surface area contributed by atoms with E-state index in [0.717, 1.165) is 29.1 Å². The van der Waals surface area contributed by atoms with Crippen molar-refractivity contribution in [1.82, 2.24) is 9.78 Å². The smallest absolute Gasteiger partial charge is 0.269 e. The first-order chi connectivity index (χ1) is 8.79. The molecule has 8 heteroatoms. The van der Waals surface area contributed by atoms with Crippen LogP contribution in [0, 0.1) is 5.82 Å². The molecule has 0 spiro atoms. The Labute approximate surface area is 108 Å². The van der Waals surface area contributed by atoms with E-state index >= 15 is 0 Å². The molecular weight excluding hydrogens is 273 g/mol. The van der Waals surface area contributed by atoms with Gasteiger partial charge in [0.1, 0.15) is 5.82 Å². The SMILES string of the molecule is CS(=O)(=O)c1cc(C(N)=O)nn1-c1ccc(F)cc1. The summed E-state index contributed by atoms with van der Waals surface area (Å²) in [6.45, 7) is 0. The number of hydrogen-bond acceptors (Lipinski definition) is 4. The Hall–Kier alpha value is -2.22. The molecule has 0 atom stereocenters. The van der Waals surface area contributed by atoms with Crippen molar-refractivity contribution >= 4 is 15.7 Å². The average Bonchev–Trinajstić information content (AvgIpc) is 2.74. The van der Waals surface area contributed by atoms with Crippen molar-refractivity contribution in [3.05, 3.63) is 41.8 Å². The highest BCUT2D eigenvalue weighted by Crippen LogP contribution is 2.17. The maximum absolute atomic E-state index is 12.8. The minimum Gasteiger partial charge on any atom is -0.364 e. The lowest BCUT2D eigenvalue weighted by molar-refractivity contribution is 0.0995. The number of rotatable bonds is 3. The standard InChI is InChI=1S/C11H10FN3O3S/c1-19(17,18)10-6-9(11(13)16)14-15(10)8-4-2-7(12)3-5-8/h2-6H,1H3,(H2,13,16). The second-order valence-electron chi connectivity index (χ2n) is 3.89. The zero-order valence-corrected chi connectivity index (χ0v) is 10.7. The molecule has 2 rings (SSSR count). The minimum atomic E-state index is -3.61. The summed E-state index contributed by atoms with van der Waals surface area (Å²) in [5, 5.41) is 3.63. The summed E-state index contributed by atoms with van der Waals surface area (Å²) in [6.07, 6.45) is 0.981. The molecule has 2 aromatic rings. The molecule has 1 aromatic carbocycles. The van der Waals surface area contributed by atoms with Gasteiger partial charge in [-0.15, -0.1) is 0 Å². The van der Waals surface area contributed by atoms with Crippen molar-refractivity contribution < 1.29 is 17.6 Å². The van der Waals surface area contributed by atoms with E-state index < -0.39 is 21.6 Å². The van der Waals surface area contributed by atoms with Crippen LogP contribution >= 0.6 is 0 Å². The molecule has 0 unspecified atom stereocenters. The summed E-state index contributed by atoms with van der Waals surface area (Å²) in [6, 6.07) is 6.10. The van der Waals surface area contributed by atoms with Crippen LogP contribution in [0.1, 0.15) is 10.5 Å². The zero-order valence-electron chi connectivity index (χ0n) is 9.87. The average molecular weight is 283 g/mol. The van der Waals surface area contributed by atoms with E-state index in [9.17, 15) is 17.6 Å². The number of amides is 1. The molecule has 0 aliphatic carbocycles. The van der Waals surface area contributed by atoms with E-state index in [2.05, 4.69) is 5.10 Å². The molecule has 19 heavy (non-hydrogen) atoms. The third kappa shape index (κ3) is 2.63. The van der Waals surface area contributed by atoms with Gasteiger partial charge >= 0.3 is 0 Å². The second-order valence-corrected chi connectivity index (χ2v) is 5.86. The molecule has 0 fully saturated rings. The molecule has 0 aliphatic rings. The van der Waals surface area contributed by atoms with Gasteiger partial charge in [-0.25, -0.2) is 17.5 Å². The van der Waals surface area contributed by atoms with Crippen LogP contribution in [0.4, 0.5) is 4.39 Å². The predicted molar refractivity (Wildman–Crippen MR) is 65.1 cm³/mol. The number of nitrogens with zero attached hydrogens (tertiary/aromatic N) is 2. The Bertz CT molecular complexity index is 735. The monoisotopic (exact) mass is 283 g/mol. The van der Waals surface area contributed by atoms with Crippen LogP contribution in [-0.2, 0) is 9.84 Å². The van der Waals surface area contributed by atoms with E-state index in [1.165, 1.54) is 12.1 Å². The summed E-state index contributed by atoms with van der Waals surface area (Å²) >= 11 is 0. The Kier molecular flexibility index (Phi) is 3.11. The van der Waals surface area contributed by atoms with Crippen LogP contribution in [0.5, 0.6) is 0 Å². The van der Waals surface area contributed by atoms with Crippen LogP contribution in [0.15, 0.2) is 35.4 Å². The number of sulfone groups is 1. The van der Waals surface area contributed by atoms with Crippen molar-refractivity contribution in [2.75, 3.05) is 6.26 Å². The summed E-state index contributed by atoms with van der Waals surface area (Å²) in [5.74, 6) is -1.31. The lowest BCUT2D eigenvalue weighted by atomic mass is 10.3. The van der Waals surface area contributed by atoms with E-state index in [4.69, 9.17) is 5.73 Å². The Balaban J connectivity index is 2.68. The van der Waals surface area contributed by atoms with E-state index in [1.54, 1.807) is 0 Å². The number of carbonyl (C=O) groups is 1. The largest absolute Gasteiger partial charge is 0.364 e. The molecule has 6 nitrogen and oxygen atoms in total. The van der Waals surface area contributed by atoms with Gasteiger partial charge in [0.15, 0.2) is 20.6 Å². The van der Waals surface area contributed by atoms with Crippen LogP contribution in [0.3, 0.4) is 0 Å². The quantitative estimate of drug-likeness (QED) is 0.888. The van der Waals surface area contributed by atoms with Crippen molar-refractivity contribution in [2.45, 2.75) is 5.03 Å². The Morgan fingerprint density at radius 1 is 1.32 bits per heavy atom. The first-order valence-corrected chi connectivity index (χ1v) is 7.04. The molecule has 0 aliphatic heterocycles. The maximum Gasteiger partial charge on any atom is 0.269 e. The number of halogens is 1. The molecule has 100 valence electrons. The third-order valence-corrected chi connectivity index (χ3v) is 3.43. The number of benzene rings is 1. The number of aromatic nitrogens is 2. The fourth-order valence-corrected chi connectivity index (χ4v) is 2.30. The molecule has 1 aromatic heterocycles. The van der Waals surface area contributed by atoms with E-state index in [0.29, 0.717) is 5.69 Å². The van der Waals surface area contributed by atoms with Gasteiger partial charge in [-0.1, -0.05) is 0 Å². The fourth-order valence-electron chi connectivity index (χ4n) is 1.52. The van der Waals surface area contributed by atoms with Crippen LogP contribution < -0.4 is 5.73 Å². The van der Waals surface area contributed by atoms with Gasteiger partial charge in [0.2, 0.25) is 0 Å². The van der Waals surface area contributed by atoms with Crippen molar-refractivity contribution in [1.29, 1.82) is 0 Å². The van der Waals surface area contributed by atoms with E-state index in [-0.39, 0.29) is 10.7 Å². The van der Waals surface area contributed by atoms with E-state index in [1.807, 2.05) is 0 Å². The normalized spacial score (nSPS) is 11.5. The number of carbonyl (C=O) groups excluding carboxylic acids is 1. The molecule has 0 radical (unpaired) electrons. The van der Waals surface area contributed by atoms with Gasteiger partial charge in [-0.2, -0.15) is 5.10 Å². The van der Waals surface area contributed by atoms with Gasteiger partial charge in [-0.05, 0) is 24.3 Å².